The Morgan fingerprint density at radius 1 is 0.968 bits per heavy atom. The molecule has 0 radical (unpaired) electrons. The molecule has 0 atom stereocenters. The monoisotopic (exact) mass is 477 g/mol. The fraction of sp³-hybridized carbons (Fsp3) is 0.227. The Hall–Kier alpha value is -2.54. The van der Waals surface area contributed by atoms with Crippen molar-refractivity contribution in [3.8, 4) is 0 Å². The highest BCUT2D eigenvalue weighted by molar-refractivity contribution is 6.54. The molecule has 1 saturated carbocycles. The van der Waals surface area contributed by atoms with Gasteiger partial charge in [-0.1, -0.05) is 53.7 Å². The summed E-state index contributed by atoms with van der Waals surface area (Å²) in [6.07, 6.45) is 4.18. The van der Waals surface area contributed by atoms with E-state index >= 15 is 0 Å². The minimum absolute atomic E-state index is 0.101. The average Bonchev–Trinajstić information content (AvgIpc) is 3.33. The quantitative estimate of drug-likeness (QED) is 0.586. The molecule has 2 aliphatic rings. The Kier molecular flexibility index (Phi) is 6.23. The van der Waals surface area contributed by atoms with Crippen molar-refractivity contribution in [2.75, 3.05) is 10.2 Å². The number of nitrogens with one attached hydrogen (secondary N) is 2. The molecule has 2 aromatic rings. The van der Waals surface area contributed by atoms with E-state index in [9.17, 15) is 14.4 Å². The Labute approximate surface area is 194 Å². The van der Waals surface area contributed by atoms with Crippen molar-refractivity contribution in [2.45, 2.75) is 31.7 Å². The van der Waals surface area contributed by atoms with Crippen LogP contribution in [0.15, 0.2) is 53.2 Å². The predicted molar refractivity (Wildman–Crippen MR) is 122 cm³/mol. The van der Waals surface area contributed by atoms with Crippen LogP contribution in [0.4, 0.5) is 11.4 Å². The third-order valence-electron chi connectivity index (χ3n) is 5.26. The summed E-state index contributed by atoms with van der Waals surface area (Å²) in [5.41, 5.74) is 0.937. The molecule has 1 fully saturated rings. The van der Waals surface area contributed by atoms with E-state index in [1.807, 2.05) is 0 Å². The van der Waals surface area contributed by atoms with Crippen LogP contribution >= 0.6 is 34.8 Å². The minimum atomic E-state index is -0.714. The number of anilines is 2. The van der Waals surface area contributed by atoms with E-state index in [0.29, 0.717) is 16.3 Å². The van der Waals surface area contributed by atoms with Crippen molar-refractivity contribution in [1.82, 2.24) is 5.32 Å². The van der Waals surface area contributed by atoms with E-state index in [1.54, 1.807) is 30.3 Å². The number of carbonyl (C=O) groups excluding carboxylic acids is 3. The first-order valence-electron chi connectivity index (χ1n) is 9.76. The maximum Gasteiger partial charge on any atom is 0.283 e. The third kappa shape index (κ3) is 4.42. The van der Waals surface area contributed by atoms with Gasteiger partial charge in [0.15, 0.2) is 0 Å². The molecule has 160 valence electrons. The molecule has 1 aliphatic carbocycles. The fourth-order valence-electron chi connectivity index (χ4n) is 3.71. The summed E-state index contributed by atoms with van der Waals surface area (Å²) in [4.78, 5) is 39.0. The van der Waals surface area contributed by atoms with Crippen molar-refractivity contribution < 1.29 is 14.4 Å². The highest BCUT2D eigenvalue weighted by Crippen LogP contribution is 2.35. The first-order chi connectivity index (χ1) is 14.8. The number of amides is 3. The summed E-state index contributed by atoms with van der Waals surface area (Å²) >= 11 is 18.3. The van der Waals surface area contributed by atoms with Gasteiger partial charge in [0.25, 0.3) is 17.7 Å². The van der Waals surface area contributed by atoms with Crippen LogP contribution in [0.1, 0.15) is 36.0 Å². The summed E-state index contributed by atoms with van der Waals surface area (Å²) in [6, 6.07) is 11.3. The Morgan fingerprint density at radius 2 is 1.71 bits per heavy atom. The van der Waals surface area contributed by atoms with Crippen LogP contribution in [-0.4, -0.2) is 23.8 Å². The smallest absolute Gasteiger partial charge is 0.283 e. The normalized spacial score (nSPS) is 16.9. The SMILES string of the molecule is O=C(NC1CCCC1)c1cccc(NC2=C(Cl)C(=O)N(c3cc(Cl)ccc3Cl)C2=O)c1. The molecule has 1 aliphatic heterocycles. The maximum atomic E-state index is 13.0. The third-order valence-corrected chi connectivity index (χ3v) is 6.17. The van der Waals surface area contributed by atoms with Crippen LogP contribution in [0.3, 0.4) is 0 Å². The number of rotatable bonds is 5. The lowest BCUT2D eigenvalue weighted by Gasteiger charge is -2.17. The van der Waals surface area contributed by atoms with Gasteiger partial charge in [-0.15, -0.1) is 0 Å². The molecule has 0 unspecified atom stereocenters. The van der Waals surface area contributed by atoms with Gasteiger partial charge in [0.05, 0.1) is 10.7 Å². The van der Waals surface area contributed by atoms with Crippen LogP contribution < -0.4 is 15.5 Å². The number of carbonyl (C=O) groups is 3. The van der Waals surface area contributed by atoms with Gasteiger partial charge in [-0.2, -0.15) is 0 Å². The van der Waals surface area contributed by atoms with E-state index in [2.05, 4.69) is 10.6 Å². The van der Waals surface area contributed by atoms with Gasteiger partial charge in [0, 0.05) is 22.3 Å². The van der Waals surface area contributed by atoms with E-state index in [1.165, 1.54) is 12.1 Å². The zero-order chi connectivity index (χ0) is 22.1. The van der Waals surface area contributed by atoms with Crippen LogP contribution in [0, 0.1) is 0 Å². The van der Waals surface area contributed by atoms with Crippen LogP contribution in [-0.2, 0) is 9.59 Å². The number of benzene rings is 2. The lowest BCUT2D eigenvalue weighted by molar-refractivity contribution is -0.120. The minimum Gasteiger partial charge on any atom is -0.350 e. The molecular formula is C22H18Cl3N3O3. The molecule has 3 amide bonds. The Bertz CT molecular complexity index is 1110. The van der Waals surface area contributed by atoms with Gasteiger partial charge in [-0.3, -0.25) is 14.4 Å². The van der Waals surface area contributed by atoms with E-state index in [-0.39, 0.29) is 33.4 Å². The highest BCUT2D eigenvalue weighted by Gasteiger charge is 2.40. The standard InChI is InChI=1S/C22H18Cl3N3O3/c23-13-8-9-16(24)17(11-13)28-21(30)18(25)19(22(28)31)26-15-7-3-4-12(10-15)20(29)27-14-5-1-2-6-14/h3-4,7-11,14,26H,1-2,5-6H2,(H,27,29). The van der Waals surface area contributed by atoms with Gasteiger partial charge < -0.3 is 10.6 Å². The predicted octanol–water partition coefficient (Wildman–Crippen LogP) is 5.10. The number of nitrogens with zero attached hydrogens (tertiary/aromatic N) is 1. The lowest BCUT2D eigenvalue weighted by atomic mass is 10.1. The number of halogens is 3. The van der Waals surface area contributed by atoms with Crippen LogP contribution in [0.25, 0.3) is 0 Å². The molecular weight excluding hydrogens is 461 g/mol. The summed E-state index contributed by atoms with van der Waals surface area (Å²) in [5, 5.41) is 6.12. The second kappa shape index (κ2) is 8.91. The maximum absolute atomic E-state index is 13.0. The second-order valence-corrected chi connectivity index (χ2v) is 8.61. The molecule has 4 rings (SSSR count). The number of imide groups is 1. The highest BCUT2D eigenvalue weighted by atomic mass is 35.5. The largest absolute Gasteiger partial charge is 0.350 e. The molecule has 0 aromatic heterocycles. The summed E-state index contributed by atoms with van der Waals surface area (Å²) in [5.74, 6) is -1.56. The van der Waals surface area contributed by atoms with Gasteiger partial charge in [-0.25, -0.2) is 4.90 Å². The zero-order valence-corrected chi connectivity index (χ0v) is 18.5. The van der Waals surface area contributed by atoms with Crippen molar-refractivity contribution in [1.29, 1.82) is 0 Å². The topological polar surface area (TPSA) is 78.5 Å². The summed E-state index contributed by atoms with van der Waals surface area (Å²) in [6.45, 7) is 0. The van der Waals surface area contributed by atoms with Crippen LogP contribution in [0.2, 0.25) is 10.0 Å². The Balaban J connectivity index is 1.55. The molecule has 2 aromatic carbocycles. The lowest BCUT2D eigenvalue weighted by Crippen LogP contribution is -2.33. The molecule has 31 heavy (non-hydrogen) atoms. The van der Waals surface area contributed by atoms with Crippen molar-refractivity contribution in [3.63, 3.8) is 0 Å². The van der Waals surface area contributed by atoms with Crippen molar-refractivity contribution >= 4 is 63.9 Å². The molecule has 2 N–H and O–H groups in total. The molecule has 1 heterocycles. The van der Waals surface area contributed by atoms with E-state index in [0.717, 1.165) is 30.6 Å². The molecule has 0 spiro atoms. The van der Waals surface area contributed by atoms with Crippen molar-refractivity contribution in [3.05, 3.63) is 68.8 Å². The zero-order valence-electron chi connectivity index (χ0n) is 16.3. The van der Waals surface area contributed by atoms with Gasteiger partial charge in [0.1, 0.15) is 10.7 Å². The van der Waals surface area contributed by atoms with Gasteiger partial charge in [-0.05, 0) is 49.2 Å². The number of hydrogen-bond acceptors (Lipinski definition) is 4. The number of hydrogen-bond donors (Lipinski definition) is 2. The Morgan fingerprint density at radius 3 is 2.45 bits per heavy atom. The first-order valence-corrected chi connectivity index (χ1v) is 10.9. The second-order valence-electron chi connectivity index (χ2n) is 7.39. The molecule has 6 nitrogen and oxygen atoms in total. The average molecular weight is 479 g/mol. The first kappa shape index (κ1) is 21.7. The molecule has 0 saturated heterocycles. The summed E-state index contributed by atoms with van der Waals surface area (Å²) < 4.78 is 0. The molecule has 0 bridgehead atoms. The summed E-state index contributed by atoms with van der Waals surface area (Å²) in [7, 11) is 0. The fourth-order valence-corrected chi connectivity index (χ4v) is 4.29. The van der Waals surface area contributed by atoms with E-state index in [4.69, 9.17) is 34.8 Å². The van der Waals surface area contributed by atoms with Crippen LogP contribution in [0.5, 0.6) is 0 Å². The van der Waals surface area contributed by atoms with Gasteiger partial charge in [0.2, 0.25) is 0 Å². The van der Waals surface area contributed by atoms with Crippen molar-refractivity contribution in [2.24, 2.45) is 0 Å². The molecule has 9 heteroatoms. The van der Waals surface area contributed by atoms with E-state index < -0.39 is 11.8 Å². The van der Waals surface area contributed by atoms with Gasteiger partial charge >= 0.3 is 0 Å².